The van der Waals surface area contributed by atoms with E-state index in [4.69, 9.17) is 14.2 Å². The van der Waals surface area contributed by atoms with Crippen molar-refractivity contribution in [3.05, 3.63) is 71.8 Å². The highest BCUT2D eigenvalue weighted by Crippen LogP contribution is 2.58. The largest absolute Gasteiger partial charge is 0.464 e. The highest BCUT2D eigenvalue weighted by molar-refractivity contribution is 6.54. The van der Waals surface area contributed by atoms with E-state index >= 15 is 0 Å². The van der Waals surface area contributed by atoms with E-state index in [1.807, 2.05) is 136 Å². The van der Waals surface area contributed by atoms with Crippen molar-refractivity contribution in [3.8, 4) is 0 Å². The Labute approximate surface area is 308 Å². The van der Waals surface area contributed by atoms with Crippen LogP contribution in [0.2, 0.25) is 23.3 Å². The molecule has 0 heterocycles. The van der Waals surface area contributed by atoms with Crippen molar-refractivity contribution in [2.75, 3.05) is 27.2 Å². The molecule has 0 N–H and O–H groups in total. The molecule has 7 nitrogen and oxygen atoms in total. The summed E-state index contributed by atoms with van der Waals surface area (Å²) in [6.45, 7) is 12.4. The number of hydrogen-bond donors (Lipinski definition) is 0. The van der Waals surface area contributed by atoms with Gasteiger partial charge < -0.3 is 19.1 Å². The summed E-state index contributed by atoms with van der Waals surface area (Å²) >= 11 is 0. The molecule has 4 aliphatic carbocycles. The standard InChI is InChI=1S/C42H59B2NO6/c1-9-39(4,36(47)49-21-20-45(7)8)44-29-40(5,37(48)51-42-25-30-22-31(26-42)24-32(23-30)27-42)43-28-38(2,3)35(46)50-41(6,33-16-12-10-13-17-33)34-18-14-11-15-19-34/h10-19,30-32H,9,20-29H2,1-8H3. The van der Waals surface area contributed by atoms with Gasteiger partial charge in [0.2, 0.25) is 0 Å². The fraction of sp³-hybridized carbons (Fsp3) is 0.643. The molecule has 4 aliphatic rings. The zero-order chi connectivity index (χ0) is 37.1. The molecule has 0 spiro atoms. The lowest BCUT2D eigenvalue weighted by atomic mass is 9.37. The van der Waals surface area contributed by atoms with Crippen molar-refractivity contribution in [2.45, 2.75) is 121 Å². The summed E-state index contributed by atoms with van der Waals surface area (Å²) in [6.07, 6.45) is 7.65. The summed E-state index contributed by atoms with van der Waals surface area (Å²) in [5.74, 6) is 0.948. The van der Waals surface area contributed by atoms with Gasteiger partial charge in [-0.2, -0.15) is 0 Å². The van der Waals surface area contributed by atoms with Crippen LogP contribution in [0.4, 0.5) is 0 Å². The van der Waals surface area contributed by atoms with E-state index in [-0.39, 0.29) is 30.5 Å². The molecule has 6 rings (SSSR count). The highest BCUT2D eigenvalue weighted by atomic mass is 16.6. The molecule has 2 radical (unpaired) electrons. The first-order chi connectivity index (χ1) is 24.0. The van der Waals surface area contributed by atoms with E-state index in [9.17, 15) is 14.4 Å². The van der Waals surface area contributed by atoms with Crippen LogP contribution in [0.15, 0.2) is 60.7 Å². The number of nitrogens with zero attached hydrogens (tertiary/aromatic N) is 1. The third-order valence-electron chi connectivity index (χ3n) is 12.3. The van der Waals surface area contributed by atoms with Crippen LogP contribution in [-0.4, -0.2) is 70.2 Å². The van der Waals surface area contributed by atoms with E-state index < -0.39 is 27.2 Å². The third kappa shape index (κ3) is 8.95. The molecule has 4 saturated carbocycles. The molecular formula is C42H59B2NO6. The van der Waals surface area contributed by atoms with Gasteiger partial charge in [0.05, 0.1) is 5.41 Å². The average molecular weight is 696 g/mol. The Hall–Kier alpha value is -3.06. The monoisotopic (exact) mass is 695 g/mol. The van der Waals surface area contributed by atoms with E-state index in [0.717, 1.165) is 30.4 Å². The second-order valence-corrected chi connectivity index (χ2v) is 17.5. The molecule has 2 unspecified atom stereocenters. The van der Waals surface area contributed by atoms with Crippen LogP contribution < -0.4 is 0 Å². The number of likely N-dealkylation sites (N-methyl/N-ethyl adjacent to an activating group) is 1. The molecule has 274 valence electrons. The van der Waals surface area contributed by atoms with Crippen LogP contribution in [0, 0.1) is 23.2 Å². The van der Waals surface area contributed by atoms with Crippen LogP contribution >= 0.6 is 0 Å². The van der Waals surface area contributed by atoms with Crippen molar-refractivity contribution in [3.63, 3.8) is 0 Å². The molecule has 0 amide bonds. The lowest BCUT2D eigenvalue weighted by Crippen LogP contribution is -2.54. The Morgan fingerprint density at radius 3 is 1.69 bits per heavy atom. The molecule has 2 aromatic rings. The average Bonchev–Trinajstić information content (AvgIpc) is 3.09. The smallest absolute Gasteiger partial charge is 0.312 e. The summed E-state index contributed by atoms with van der Waals surface area (Å²) in [6, 6.07) is 19.6. The topological polar surface area (TPSA) is 82.1 Å². The van der Waals surface area contributed by atoms with Gasteiger partial charge in [-0.05, 0) is 94.8 Å². The van der Waals surface area contributed by atoms with Crippen molar-refractivity contribution in [1.82, 2.24) is 4.90 Å². The Bertz CT molecular complexity index is 1440. The van der Waals surface area contributed by atoms with Crippen molar-refractivity contribution >= 4 is 32.5 Å². The molecule has 2 atom stereocenters. The number of esters is 3. The Morgan fingerprint density at radius 2 is 1.22 bits per heavy atom. The summed E-state index contributed by atoms with van der Waals surface area (Å²) in [5, 5.41) is -1.96. The van der Waals surface area contributed by atoms with Crippen molar-refractivity contribution < 1.29 is 28.6 Å². The minimum absolute atomic E-state index is 0.275. The SMILES string of the molecule is CCC(C)([B]CC(C)([B]CC(C)(C)C(=O)OC(C)(c1ccccc1)c1ccccc1)C(=O)OC12CC3CC(CC(C3)C1)C2)C(=O)OCCN(C)C. The van der Waals surface area contributed by atoms with E-state index in [2.05, 4.69) is 0 Å². The molecule has 0 aromatic heterocycles. The van der Waals surface area contributed by atoms with Gasteiger partial charge in [-0.1, -0.05) is 108 Å². The number of rotatable bonds is 17. The molecule has 2 aromatic carbocycles. The summed E-state index contributed by atoms with van der Waals surface area (Å²) in [5.41, 5.74) is -0.645. The lowest BCUT2D eigenvalue weighted by Gasteiger charge is -2.56. The quantitative estimate of drug-likeness (QED) is 0.0939. The molecule has 9 heteroatoms. The van der Waals surface area contributed by atoms with E-state index in [0.29, 0.717) is 37.3 Å². The lowest BCUT2D eigenvalue weighted by molar-refractivity contribution is -0.189. The Morgan fingerprint density at radius 1 is 0.725 bits per heavy atom. The molecule has 4 bridgehead atoms. The maximum atomic E-state index is 14.5. The second-order valence-electron chi connectivity index (χ2n) is 17.5. The van der Waals surface area contributed by atoms with Crippen molar-refractivity contribution in [1.29, 1.82) is 0 Å². The van der Waals surface area contributed by atoms with Crippen LogP contribution in [-0.2, 0) is 34.2 Å². The van der Waals surface area contributed by atoms with E-state index in [1.165, 1.54) is 19.3 Å². The molecule has 51 heavy (non-hydrogen) atoms. The van der Waals surface area contributed by atoms with E-state index in [1.54, 1.807) is 0 Å². The predicted molar refractivity (Wildman–Crippen MR) is 204 cm³/mol. The fourth-order valence-electron chi connectivity index (χ4n) is 8.70. The van der Waals surface area contributed by atoms with Gasteiger partial charge in [0.25, 0.3) is 0 Å². The number of ether oxygens (including phenoxy) is 3. The molecule has 0 saturated heterocycles. The minimum Gasteiger partial charge on any atom is -0.464 e. The number of carbonyl (C=O) groups is 3. The number of carbonyl (C=O) groups excluding carboxylic acids is 3. The Kier molecular flexibility index (Phi) is 11.9. The fourth-order valence-corrected chi connectivity index (χ4v) is 8.70. The normalized spacial score (nSPS) is 25.0. The van der Waals surface area contributed by atoms with Gasteiger partial charge in [0.1, 0.15) is 26.8 Å². The second kappa shape index (κ2) is 15.5. The molecular weight excluding hydrogens is 636 g/mol. The highest BCUT2D eigenvalue weighted by Gasteiger charge is 2.55. The maximum Gasteiger partial charge on any atom is 0.312 e. The van der Waals surface area contributed by atoms with Gasteiger partial charge in [-0.15, -0.1) is 0 Å². The van der Waals surface area contributed by atoms with Gasteiger partial charge in [-0.25, -0.2) is 0 Å². The van der Waals surface area contributed by atoms with Gasteiger partial charge in [-0.3, -0.25) is 14.4 Å². The van der Waals surface area contributed by atoms with Gasteiger partial charge >= 0.3 is 17.9 Å². The van der Waals surface area contributed by atoms with Crippen LogP contribution in [0.25, 0.3) is 0 Å². The minimum atomic E-state index is -1.08. The summed E-state index contributed by atoms with van der Waals surface area (Å²) in [7, 11) is 7.77. The summed E-state index contributed by atoms with van der Waals surface area (Å²) < 4.78 is 18.8. The van der Waals surface area contributed by atoms with Crippen LogP contribution in [0.3, 0.4) is 0 Å². The first kappa shape index (κ1) is 39.2. The zero-order valence-electron chi connectivity index (χ0n) is 32.3. The molecule has 0 aliphatic heterocycles. The Balaban J connectivity index is 1.35. The van der Waals surface area contributed by atoms with Crippen molar-refractivity contribution in [2.24, 2.45) is 23.2 Å². The van der Waals surface area contributed by atoms with Gasteiger partial charge in [0.15, 0.2) is 5.60 Å². The van der Waals surface area contributed by atoms with Gasteiger partial charge in [0, 0.05) is 17.2 Å². The molecule has 4 fully saturated rings. The first-order valence-corrected chi connectivity index (χ1v) is 19.1. The third-order valence-corrected chi connectivity index (χ3v) is 12.3. The number of benzene rings is 2. The first-order valence-electron chi connectivity index (χ1n) is 19.1. The van der Waals surface area contributed by atoms with Crippen LogP contribution in [0.1, 0.15) is 97.6 Å². The predicted octanol–water partition coefficient (Wildman–Crippen LogP) is 8.15. The zero-order valence-corrected chi connectivity index (χ0v) is 32.3. The van der Waals surface area contributed by atoms with Crippen LogP contribution in [0.5, 0.6) is 0 Å². The summed E-state index contributed by atoms with van der Waals surface area (Å²) in [4.78, 5) is 44.1. The maximum absolute atomic E-state index is 14.5. The number of hydrogen-bond acceptors (Lipinski definition) is 7.